The van der Waals surface area contributed by atoms with Gasteiger partial charge in [-0.1, -0.05) is 24.3 Å². The van der Waals surface area contributed by atoms with E-state index in [0.717, 1.165) is 12.6 Å². The van der Waals surface area contributed by atoms with Crippen LogP contribution < -0.4 is 5.32 Å². The number of hydrogen-bond acceptors (Lipinski definition) is 2. The van der Waals surface area contributed by atoms with Gasteiger partial charge in [0.15, 0.2) is 0 Å². The van der Waals surface area contributed by atoms with E-state index in [9.17, 15) is 4.79 Å². The molecule has 2 N–H and O–H groups in total. The summed E-state index contributed by atoms with van der Waals surface area (Å²) in [6.45, 7) is 1.38. The molecule has 1 aliphatic rings. The molecule has 0 unspecified atom stereocenters. The Labute approximate surface area is 101 Å². The summed E-state index contributed by atoms with van der Waals surface area (Å²) in [6, 6.07) is 6.63. The van der Waals surface area contributed by atoms with Crippen molar-refractivity contribution in [2.45, 2.75) is 25.8 Å². The smallest absolute Gasteiger partial charge is 0.328 e. The van der Waals surface area contributed by atoms with Crippen molar-refractivity contribution in [3.05, 3.63) is 47.0 Å². The van der Waals surface area contributed by atoms with Gasteiger partial charge in [0.05, 0.1) is 0 Å². The highest BCUT2D eigenvalue weighted by Crippen LogP contribution is 2.22. The van der Waals surface area contributed by atoms with E-state index in [2.05, 4.69) is 23.5 Å². The topological polar surface area (TPSA) is 49.3 Å². The number of rotatable bonds is 5. The standard InChI is InChI=1S/C14H17NO2/c16-14(17)5-2-8-15-10-11-6-7-12-3-1-4-13(12)9-11/h2,5-7,9,15H,1,3-4,8,10H2,(H,16,17)/b5-2+. The minimum Gasteiger partial charge on any atom is -0.478 e. The van der Waals surface area contributed by atoms with E-state index in [1.807, 2.05) is 0 Å². The molecule has 1 aromatic carbocycles. The van der Waals surface area contributed by atoms with Gasteiger partial charge >= 0.3 is 5.97 Å². The van der Waals surface area contributed by atoms with Gasteiger partial charge in [-0.25, -0.2) is 4.79 Å². The average Bonchev–Trinajstić information content (AvgIpc) is 2.75. The van der Waals surface area contributed by atoms with Crippen molar-refractivity contribution in [3.8, 4) is 0 Å². The molecule has 1 aliphatic carbocycles. The van der Waals surface area contributed by atoms with E-state index in [1.165, 1.54) is 36.0 Å². The fourth-order valence-corrected chi connectivity index (χ4v) is 2.19. The first kappa shape index (κ1) is 11.9. The van der Waals surface area contributed by atoms with Crippen LogP contribution in [0.2, 0.25) is 0 Å². The predicted molar refractivity (Wildman–Crippen MR) is 66.9 cm³/mol. The van der Waals surface area contributed by atoms with Crippen molar-refractivity contribution in [1.29, 1.82) is 0 Å². The number of benzene rings is 1. The molecule has 0 amide bonds. The van der Waals surface area contributed by atoms with Crippen LogP contribution in [0.25, 0.3) is 0 Å². The van der Waals surface area contributed by atoms with Gasteiger partial charge in [-0.2, -0.15) is 0 Å². The highest BCUT2D eigenvalue weighted by molar-refractivity contribution is 5.79. The Hall–Kier alpha value is -1.61. The molecular weight excluding hydrogens is 214 g/mol. The summed E-state index contributed by atoms with van der Waals surface area (Å²) in [6.07, 6.45) is 6.46. The lowest BCUT2D eigenvalue weighted by atomic mass is 10.1. The number of aryl methyl sites for hydroxylation is 2. The highest BCUT2D eigenvalue weighted by Gasteiger charge is 2.10. The third-order valence-electron chi connectivity index (χ3n) is 3.01. The van der Waals surface area contributed by atoms with E-state index in [-0.39, 0.29) is 0 Å². The maximum atomic E-state index is 10.2. The molecule has 3 nitrogen and oxygen atoms in total. The molecule has 0 aromatic heterocycles. The molecule has 3 heteroatoms. The normalized spacial score (nSPS) is 14.1. The van der Waals surface area contributed by atoms with Crippen LogP contribution in [0.4, 0.5) is 0 Å². The number of carboxylic acid groups (broad SMARTS) is 1. The van der Waals surface area contributed by atoms with Crippen molar-refractivity contribution in [1.82, 2.24) is 5.32 Å². The van der Waals surface area contributed by atoms with Gasteiger partial charge in [0.2, 0.25) is 0 Å². The molecule has 90 valence electrons. The van der Waals surface area contributed by atoms with Crippen LogP contribution in [0, 0.1) is 0 Å². The van der Waals surface area contributed by atoms with Crippen molar-refractivity contribution in [3.63, 3.8) is 0 Å². The summed E-state index contributed by atoms with van der Waals surface area (Å²) in [5.74, 6) is -0.899. The molecule has 0 heterocycles. The van der Waals surface area contributed by atoms with E-state index >= 15 is 0 Å². The van der Waals surface area contributed by atoms with Gasteiger partial charge in [0.25, 0.3) is 0 Å². The molecule has 0 saturated carbocycles. The summed E-state index contributed by atoms with van der Waals surface area (Å²) in [5, 5.41) is 11.6. The summed E-state index contributed by atoms with van der Waals surface area (Å²) >= 11 is 0. The Bertz CT molecular complexity index is 438. The SMILES string of the molecule is O=C(O)/C=C/CNCc1ccc2c(c1)CCC2. The van der Waals surface area contributed by atoms with Gasteiger partial charge < -0.3 is 10.4 Å². The molecule has 0 fully saturated rings. The second kappa shape index (κ2) is 5.64. The minimum absolute atomic E-state index is 0.587. The average molecular weight is 231 g/mol. The molecule has 0 aliphatic heterocycles. The summed E-state index contributed by atoms with van der Waals surface area (Å²) in [7, 11) is 0. The molecule has 1 aromatic rings. The van der Waals surface area contributed by atoms with Crippen LogP contribution in [0.15, 0.2) is 30.4 Å². The van der Waals surface area contributed by atoms with Crippen LogP contribution >= 0.6 is 0 Å². The van der Waals surface area contributed by atoms with Gasteiger partial charge in [-0.3, -0.25) is 0 Å². The number of fused-ring (bicyclic) bond motifs is 1. The summed E-state index contributed by atoms with van der Waals surface area (Å²) in [4.78, 5) is 10.2. The second-order valence-corrected chi connectivity index (χ2v) is 4.33. The lowest BCUT2D eigenvalue weighted by molar-refractivity contribution is -0.131. The van der Waals surface area contributed by atoms with Crippen LogP contribution in [-0.2, 0) is 24.2 Å². The third-order valence-corrected chi connectivity index (χ3v) is 3.01. The number of carboxylic acids is 1. The maximum Gasteiger partial charge on any atom is 0.328 e. The van der Waals surface area contributed by atoms with E-state index < -0.39 is 5.97 Å². The highest BCUT2D eigenvalue weighted by atomic mass is 16.4. The Balaban J connectivity index is 1.81. The van der Waals surface area contributed by atoms with Crippen LogP contribution in [-0.4, -0.2) is 17.6 Å². The number of aliphatic carboxylic acids is 1. The van der Waals surface area contributed by atoms with Gasteiger partial charge in [0.1, 0.15) is 0 Å². The zero-order valence-corrected chi connectivity index (χ0v) is 9.78. The first-order chi connectivity index (χ1) is 8.25. The number of hydrogen-bond donors (Lipinski definition) is 2. The van der Waals surface area contributed by atoms with Crippen molar-refractivity contribution in [2.75, 3.05) is 6.54 Å². The molecule has 0 bridgehead atoms. The monoisotopic (exact) mass is 231 g/mol. The fourth-order valence-electron chi connectivity index (χ4n) is 2.19. The number of carbonyl (C=O) groups is 1. The first-order valence-corrected chi connectivity index (χ1v) is 5.96. The molecule has 0 spiro atoms. The predicted octanol–water partition coefficient (Wildman–Crippen LogP) is 1.91. The maximum absolute atomic E-state index is 10.2. The quantitative estimate of drug-likeness (QED) is 0.601. The molecular formula is C14H17NO2. The van der Waals surface area contributed by atoms with Crippen LogP contribution in [0.5, 0.6) is 0 Å². The largest absolute Gasteiger partial charge is 0.478 e. The van der Waals surface area contributed by atoms with E-state index in [4.69, 9.17) is 5.11 Å². The zero-order chi connectivity index (χ0) is 12.1. The summed E-state index contributed by atoms with van der Waals surface area (Å²) in [5.41, 5.74) is 4.24. The number of nitrogens with one attached hydrogen (secondary N) is 1. The zero-order valence-electron chi connectivity index (χ0n) is 9.78. The van der Waals surface area contributed by atoms with E-state index in [1.54, 1.807) is 6.08 Å². The molecule has 0 atom stereocenters. The Kier molecular flexibility index (Phi) is 3.94. The van der Waals surface area contributed by atoms with Gasteiger partial charge in [-0.15, -0.1) is 0 Å². The van der Waals surface area contributed by atoms with Crippen molar-refractivity contribution < 1.29 is 9.90 Å². The van der Waals surface area contributed by atoms with Crippen LogP contribution in [0.1, 0.15) is 23.1 Å². The van der Waals surface area contributed by atoms with Gasteiger partial charge in [0, 0.05) is 19.2 Å². The van der Waals surface area contributed by atoms with Crippen LogP contribution in [0.3, 0.4) is 0 Å². The molecule has 0 radical (unpaired) electrons. The molecule has 2 rings (SSSR count). The van der Waals surface area contributed by atoms with Crippen molar-refractivity contribution in [2.24, 2.45) is 0 Å². The summed E-state index contributed by atoms with van der Waals surface area (Å²) < 4.78 is 0. The lowest BCUT2D eigenvalue weighted by Crippen LogP contribution is -2.13. The van der Waals surface area contributed by atoms with Crippen molar-refractivity contribution >= 4 is 5.97 Å². The third kappa shape index (κ3) is 3.43. The Morgan fingerprint density at radius 2 is 2.18 bits per heavy atom. The Morgan fingerprint density at radius 1 is 1.35 bits per heavy atom. The first-order valence-electron chi connectivity index (χ1n) is 5.96. The second-order valence-electron chi connectivity index (χ2n) is 4.33. The Morgan fingerprint density at radius 3 is 3.00 bits per heavy atom. The lowest BCUT2D eigenvalue weighted by Gasteiger charge is -2.05. The molecule has 0 saturated heterocycles. The van der Waals surface area contributed by atoms with Gasteiger partial charge in [-0.05, 0) is 36.0 Å². The minimum atomic E-state index is -0.899. The fraction of sp³-hybridized carbons (Fsp3) is 0.357. The molecule has 17 heavy (non-hydrogen) atoms. The van der Waals surface area contributed by atoms with E-state index in [0.29, 0.717) is 6.54 Å².